The number of carbonyl (C=O) groups is 1. The van der Waals surface area contributed by atoms with E-state index in [1.54, 1.807) is 12.1 Å². The highest BCUT2D eigenvalue weighted by molar-refractivity contribution is 8.13. The smallest absolute Gasteiger partial charge is 0.491 e. The normalized spacial score (nSPS) is 19.2. The first-order valence-electron chi connectivity index (χ1n) is 8.08. The molecule has 1 heterocycles. The van der Waals surface area contributed by atoms with E-state index in [1.165, 1.54) is 37.9 Å². The van der Waals surface area contributed by atoms with Crippen LogP contribution in [0.2, 0.25) is 0 Å². The number of hydrogen-bond donors (Lipinski definition) is 0. The molecule has 0 unspecified atom stereocenters. The van der Waals surface area contributed by atoms with Gasteiger partial charge in [0.15, 0.2) is 5.12 Å². The van der Waals surface area contributed by atoms with Crippen molar-refractivity contribution in [1.29, 1.82) is 0 Å². The largest absolute Gasteiger partial charge is 0.497 e. The fraction of sp³-hybridized carbons (Fsp3) is 0.500. The Kier molecular flexibility index (Phi) is 6.02. The van der Waals surface area contributed by atoms with Crippen molar-refractivity contribution < 1.29 is 23.2 Å². The molecule has 0 spiro atoms. The van der Waals surface area contributed by atoms with E-state index in [2.05, 4.69) is 0 Å². The molecule has 4 nitrogen and oxygen atoms in total. The van der Waals surface area contributed by atoms with Crippen LogP contribution >= 0.6 is 11.8 Å². The van der Waals surface area contributed by atoms with Crippen LogP contribution in [0.4, 0.5) is 4.39 Å². The minimum Gasteiger partial charge on any atom is -0.497 e. The molecule has 0 atom stereocenters. The van der Waals surface area contributed by atoms with Crippen LogP contribution in [0.5, 0.6) is 5.75 Å². The zero-order valence-corrected chi connectivity index (χ0v) is 16.3. The summed E-state index contributed by atoms with van der Waals surface area (Å²) in [7, 11) is 0.898. The lowest BCUT2D eigenvalue weighted by Gasteiger charge is -2.32. The van der Waals surface area contributed by atoms with E-state index < -0.39 is 24.1 Å². The first kappa shape index (κ1) is 20.0. The Hall–Kier alpha value is -1.31. The maximum Gasteiger partial charge on any atom is 0.491 e. The lowest BCUT2D eigenvalue weighted by atomic mass is 9.78. The van der Waals surface area contributed by atoms with Crippen LogP contribution in [0.3, 0.4) is 0 Å². The van der Waals surface area contributed by atoms with Gasteiger partial charge in [0.2, 0.25) is 0 Å². The van der Waals surface area contributed by atoms with Gasteiger partial charge >= 0.3 is 7.12 Å². The van der Waals surface area contributed by atoms with Crippen molar-refractivity contribution in [2.24, 2.45) is 0 Å². The third-order valence-corrected chi connectivity index (χ3v) is 5.36. The number of benzene rings is 1. The Labute approximate surface area is 153 Å². The van der Waals surface area contributed by atoms with Gasteiger partial charge in [-0.3, -0.25) is 4.79 Å². The standard InChI is InChI=1S/C18H24BFO4S/c1-12(21)25-11-14(19-23-17(2,3)18(4,5)24-19)7-13-8-15(20)10-16(9-13)22-6/h7-10H,11H2,1-6H3. The number of carbonyl (C=O) groups excluding carboxylic acids is 1. The molecular weight excluding hydrogens is 342 g/mol. The lowest BCUT2D eigenvalue weighted by molar-refractivity contribution is -0.109. The predicted molar refractivity (Wildman–Crippen MR) is 100 cm³/mol. The van der Waals surface area contributed by atoms with Gasteiger partial charge in [-0.05, 0) is 50.9 Å². The molecule has 1 fully saturated rings. The van der Waals surface area contributed by atoms with Crippen LogP contribution < -0.4 is 4.74 Å². The average Bonchev–Trinajstić information content (AvgIpc) is 2.70. The third-order valence-electron chi connectivity index (χ3n) is 4.48. The third kappa shape index (κ3) is 4.87. The molecule has 0 saturated carbocycles. The SMILES string of the molecule is COc1cc(F)cc(C=C(CSC(C)=O)B2OC(C)(C)C(C)(C)O2)c1. The molecule has 0 N–H and O–H groups in total. The van der Waals surface area contributed by atoms with E-state index in [-0.39, 0.29) is 5.12 Å². The van der Waals surface area contributed by atoms with E-state index in [1.807, 2.05) is 27.7 Å². The minimum atomic E-state index is -0.592. The second-order valence-electron chi connectivity index (χ2n) is 7.01. The topological polar surface area (TPSA) is 44.8 Å². The summed E-state index contributed by atoms with van der Waals surface area (Å²) < 4.78 is 31.0. The summed E-state index contributed by atoms with van der Waals surface area (Å²) in [6, 6.07) is 4.45. The Bertz CT molecular complexity index is 672. The second kappa shape index (κ2) is 7.52. The van der Waals surface area contributed by atoms with E-state index in [0.717, 1.165) is 5.47 Å². The minimum absolute atomic E-state index is 0.000704. The molecule has 0 aromatic heterocycles. The van der Waals surface area contributed by atoms with Crippen molar-refractivity contribution in [3.05, 3.63) is 35.1 Å². The van der Waals surface area contributed by atoms with Crippen molar-refractivity contribution in [2.45, 2.75) is 45.8 Å². The van der Waals surface area contributed by atoms with Crippen molar-refractivity contribution >= 4 is 30.1 Å². The maximum absolute atomic E-state index is 13.8. The first-order valence-corrected chi connectivity index (χ1v) is 9.07. The molecule has 25 heavy (non-hydrogen) atoms. The van der Waals surface area contributed by atoms with Crippen molar-refractivity contribution in [3.8, 4) is 5.75 Å². The summed E-state index contributed by atoms with van der Waals surface area (Å²) in [5.41, 5.74) is 0.423. The Morgan fingerprint density at radius 1 is 1.24 bits per heavy atom. The predicted octanol–water partition coefficient (Wildman–Crippen LogP) is 4.13. The molecule has 1 aromatic rings. The monoisotopic (exact) mass is 366 g/mol. The molecule has 0 aliphatic carbocycles. The summed E-state index contributed by atoms with van der Waals surface area (Å²) in [4.78, 5) is 11.4. The summed E-state index contributed by atoms with van der Waals surface area (Å²) in [6.45, 7) is 9.38. The van der Waals surface area contributed by atoms with Crippen molar-refractivity contribution in [3.63, 3.8) is 0 Å². The van der Waals surface area contributed by atoms with E-state index in [0.29, 0.717) is 17.1 Å². The Morgan fingerprint density at radius 2 is 1.84 bits per heavy atom. The van der Waals surface area contributed by atoms with Gasteiger partial charge in [0.05, 0.1) is 18.3 Å². The molecule has 1 aliphatic rings. The quantitative estimate of drug-likeness (QED) is 0.734. The zero-order chi connectivity index (χ0) is 18.8. The number of rotatable bonds is 5. The highest BCUT2D eigenvalue weighted by atomic mass is 32.2. The van der Waals surface area contributed by atoms with Crippen LogP contribution in [0.15, 0.2) is 23.7 Å². The van der Waals surface area contributed by atoms with E-state index in [9.17, 15) is 9.18 Å². The fourth-order valence-electron chi connectivity index (χ4n) is 2.36. The molecule has 2 rings (SSSR count). The van der Waals surface area contributed by atoms with Gasteiger partial charge in [-0.25, -0.2) is 4.39 Å². The van der Waals surface area contributed by atoms with Crippen LogP contribution in [-0.2, 0) is 14.1 Å². The molecular formula is C18H24BFO4S. The lowest BCUT2D eigenvalue weighted by Crippen LogP contribution is -2.41. The van der Waals surface area contributed by atoms with Gasteiger partial charge in [0.25, 0.3) is 0 Å². The molecule has 0 amide bonds. The van der Waals surface area contributed by atoms with E-state index >= 15 is 0 Å². The van der Waals surface area contributed by atoms with Crippen LogP contribution in [0, 0.1) is 5.82 Å². The number of ether oxygens (including phenoxy) is 1. The first-order chi connectivity index (χ1) is 11.5. The van der Waals surface area contributed by atoms with Crippen molar-refractivity contribution in [2.75, 3.05) is 12.9 Å². The highest BCUT2D eigenvalue weighted by Gasteiger charge is 2.52. The maximum atomic E-state index is 13.8. The molecule has 136 valence electrons. The molecule has 1 saturated heterocycles. The van der Waals surface area contributed by atoms with Crippen LogP contribution in [-0.4, -0.2) is 36.3 Å². The number of hydrogen-bond acceptors (Lipinski definition) is 5. The average molecular weight is 366 g/mol. The number of thioether (sulfide) groups is 1. The van der Waals surface area contributed by atoms with Gasteiger partial charge < -0.3 is 14.0 Å². The van der Waals surface area contributed by atoms with Crippen LogP contribution in [0.25, 0.3) is 6.08 Å². The molecule has 1 aromatic carbocycles. The van der Waals surface area contributed by atoms with Gasteiger partial charge in [-0.2, -0.15) is 0 Å². The second-order valence-corrected chi connectivity index (χ2v) is 8.16. The zero-order valence-electron chi connectivity index (χ0n) is 15.5. The number of halogens is 1. The summed E-state index contributed by atoms with van der Waals surface area (Å²) in [6.07, 6.45) is 1.80. The van der Waals surface area contributed by atoms with Gasteiger partial charge in [-0.15, -0.1) is 0 Å². The van der Waals surface area contributed by atoms with Crippen LogP contribution in [0.1, 0.15) is 40.2 Å². The van der Waals surface area contributed by atoms with Crippen molar-refractivity contribution in [1.82, 2.24) is 0 Å². The fourth-order valence-corrected chi connectivity index (χ4v) is 2.95. The number of methoxy groups -OCH3 is 1. The summed E-state index contributed by atoms with van der Waals surface area (Å²) >= 11 is 1.17. The van der Waals surface area contributed by atoms with Gasteiger partial charge in [-0.1, -0.05) is 17.8 Å². The molecule has 0 radical (unpaired) electrons. The van der Waals surface area contributed by atoms with Gasteiger partial charge in [0, 0.05) is 18.7 Å². The molecule has 1 aliphatic heterocycles. The van der Waals surface area contributed by atoms with Gasteiger partial charge in [0.1, 0.15) is 11.6 Å². The van der Waals surface area contributed by atoms with E-state index in [4.69, 9.17) is 14.0 Å². The summed E-state index contributed by atoms with van der Waals surface area (Å²) in [5, 5.41) is -0.000704. The highest BCUT2D eigenvalue weighted by Crippen LogP contribution is 2.39. The molecule has 0 bridgehead atoms. The molecule has 7 heteroatoms. The summed E-state index contributed by atoms with van der Waals surface area (Å²) in [5.74, 6) is 0.446. The Morgan fingerprint density at radius 3 is 2.36 bits per heavy atom. The Balaban J connectivity index is 2.36.